The number of rotatable bonds is 3. The van der Waals surface area contributed by atoms with Gasteiger partial charge in [-0.3, -0.25) is 0 Å². The molecule has 0 aliphatic rings. The van der Waals surface area contributed by atoms with Gasteiger partial charge in [0.15, 0.2) is 0 Å². The summed E-state index contributed by atoms with van der Waals surface area (Å²) >= 11 is 5.89. The molecular weight excluding hydrogens is 202 g/mol. The van der Waals surface area contributed by atoms with E-state index in [2.05, 4.69) is 6.07 Å². The van der Waals surface area contributed by atoms with E-state index in [0.29, 0.717) is 16.5 Å². The van der Waals surface area contributed by atoms with Gasteiger partial charge in [-0.2, -0.15) is 5.26 Å². The molecule has 0 aliphatic carbocycles. The molecule has 0 aliphatic heterocycles. The topological polar surface area (TPSA) is 42.2 Å². The number of nitrogens with zero attached hydrogens (tertiary/aromatic N) is 1. The quantitative estimate of drug-likeness (QED) is 0.771. The molecule has 0 radical (unpaired) electrons. The summed E-state index contributed by atoms with van der Waals surface area (Å²) in [5.74, 6) is 1.16. The van der Waals surface area contributed by atoms with Gasteiger partial charge in [-0.25, -0.2) is 0 Å². The molecule has 1 rings (SSSR count). The molecule has 1 aromatic rings. The molecule has 0 saturated heterocycles. The fourth-order valence-electron chi connectivity index (χ4n) is 1.15. The summed E-state index contributed by atoms with van der Waals surface area (Å²) in [5, 5.41) is 9.07. The van der Waals surface area contributed by atoms with Crippen LogP contribution in [-0.4, -0.2) is 14.2 Å². The van der Waals surface area contributed by atoms with Gasteiger partial charge in [-0.05, 0) is 6.07 Å². The summed E-state index contributed by atoms with van der Waals surface area (Å²) in [4.78, 5) is 0. The third-order valence-corrected chi connectivity index (χ3v) is 2.12. The number of hydrogen-bond acceptors (Lipinski definition) is 3. The molecule has 4 heteroatoms. The molecular formula is C10H10ClNO2. The van der Waals surface area contributed by atoms with E-state index in [-0.39, 0.29) is 6.42 Å². The Bertz CT molecular complexity index is 371. The molecule has 0 bridgehead atoms. The van der Waals surface area contributed by atoms with Crippen molar-refractivity contribution in [2.45, 2.75) is 6.42 Å². The van der Waals surface area contributed by atoms with Gasteiger partial charge in [-0.15, -0.1) is 0 Å². The largest absolute Gasteiger partial charge is 0.496 e. The van der Waals surface area contributed by atoms with Crippen LogP contribution in [0.25, 0.3) is 0 Å². The Hall–Kier alpha value is -1.40. The fraction of sp³-hybridized carbons (Fsp3) is 0.300. The third-order valence-electron chi connectivity index (χ3n) is 1.82. The number of nitriles is 1. The summed E-state index contributed by atoms with van der Waals surface area (Å²) in [5.41, 5.74) is 0.774. The molecule has 0 spiro atoms. The first-order valence-electron chi connectivity index (χ1n) is 4.00. The number of hydrogen-bond donors (Lipinski definition) is 0. The van der Waals surface area contributed by atoms with E-state index in [1.54, 1.807) is 19.2 Å². The van der Waals surface area contributed by atoms with Crippen LogP contribution >= 0.6 is 11.6 Å². The normalized spacial score (nSPS) is 9.29. The Labute approximate surface area is 87.8 Å². The maximum Gasteiger partial charge on any atom is 0.138 e. The van der Waals surface area contributed by atoms with E-state index in [0.717, 1.165) is 5.56 Å². The standard InChI is InChI=1S/C10H10ClNO2/c1-13-9-6-8(11)10(14-2)5-7(9)3-4-12/h5-6H,3H2,1-2H3. The molecule has 0 N–H and O–H groups in total. The number of halogens is 1. The lowest BCUT2D eigenvalue weighted by atomic mass is 10.1. The highest BCUT2D eigenvalue weighted by atomic mass is 35.5. The Morgan fingerprint density at radius 3 is 2.43 bits per heavy atom. The van der Waals surface area contributed by atoms with E-state index in [1.807, 2.05) is 0 Å². The van der Waals surface area contributed by atoms with E-state index in [4.69, 9.17) is 26.3 Å². The Balaban J connectivity index is 3.19. The highest BCUT2D eigenvalue weighted by Gasteiger charge is 2.08. The van der Waals surface area contributed by atoms with Crippen molar-refractivity contribution in [2.24, 2.45) is 0 Å². The zero-order chi connectivity index (χ0) is 10.6. The summed E-state index contributed by atoms with van der Waals surface area (Å²) in [6.45, 7) is 0. The average molecular weight is 212 g/mol. The van der Waals surface area contributed by atoms with Crippen molar-refractivity contribution < 1.29 is 9.47 Å². The molecule has 0 aromatic heterocycles. The van der Waals surface area contributed by atoms with Crippen LogP contribution < -0.4 is 9.47 Å². The van der Waals surface area contributed by atoms with Gasteiger partial charge >= 0.3 is 0 Å². The van der Waals surface area contributed by atoms with Crippen LogP contribution in [0.15, 0.2) is 12.1 Å². The predicted molar refractivity (Wildman–Crippen MR) is 53.9 cm³/mol. The summed E-state index contributed by atoms with van der Waals surface area (Å²) in [6.07, 6.45) is 0.275. The van der Waals surface area contributed by atoms with Gasteiger partial charge in [0.2, 0.25) is 0 Å². The highest BCUT2D eigenvalue weighted by molar-refractivity contribution is 6.32. The number of benzene rings is 1. The molecule has 0 heterocycles. The van der Waals surface area contributed by atoms with Gasteiger partial charge in [0.05, 0.1) is 31.7 Å². The maximum absolute atomic E-state index is 8.59. The van der Waals surface area contributed by atoms with E-state index in [1.165, 1.54) is 7.11 Å². The maximum atomic E-state index is 8.59. The van der Waals surface area contributed by atoms with Gasteiger partial charge in [0.1, 0.15) is 11.5 Å². The first-order chi connectivity index (χ1) is 6.72. The van der Waals surface area contributed by atoms with E-state index in [9.17, 15) is 0 Å². The van der Waals surface area contributed by atoms with Crippen molar-refractivity contribution in [2.75, 3.05) is 14.2 Å². The van der Waals surface area contributed by atoms with Crippen LogP contribution in [0.5, 0.6) is 11.5 Å². The number of methoxy groups -OCH3 is 2. The first kappa shape index (κ1) is 10.7. The number of ether oxygens (including phenoxy) is 2. The minimum absolute atomic E-state index is 0.275. The Morgan fingerprint density at radius 1 is 1.29 bits per heavy atom. The summed E-state index contributed by atoms with van der Waals surface area (Å²) in [7, 11) is 3.07. The van der Waals surface area contributed by atoms with Crippen LogP contribution in [0, 0.1) is 11.3 Å². The molecule has 3 nitrogen and oxygen atoms in total. The second-order valence-corrected chi connectivity index (χ2v) is 3.04. The van der Waals surface area contributed by atoms with Crippen LogP contribution in [0.3, 0.4) is 0 Å². The zero-order valence-electron chi connectivity index (χ0n) is 8.00. The predicted octanol–water partition coefficient (Wildman–Crippen LogP) is 2.42. The lowest BCUT2D eigenvalue weighted by molar-refractivity contribution is 0.400. The zero-order valence-corrected chi connectivity index (χ0v) is 8.76. The highest BCUT2D eigenvalue weighted by Crippen LogP contribution is 2.32. The van der Waals surface area contributed by atoms with Gasteiger partial charge in [-0.1, -0.05) is 11.6 Å². The second kappa shape index (κ2) is 4.73. The van der Waals surface area contributed by atoms with Crippen molar-refractivity contribution in [1.82, 2.24) is 0 Å². The van der Waals surface area contributed by atoms with Gasteiger partial charge in [0, 0.05) is 11.6 Å². The molecule has 0 saturated carbocycles. The van der Waals surface area contributed by atoms with Crippen LogP contribution in [0.4, 0.5) is 0 Å². The SMILES string of the molecule is COc1cc(CC#N)c(OC)cc1Cl. The van der Waals surface area contributed by atoms with Crippen molar-refractivity contribution in [3.63, 3.8) is 0 Å². The average Bonchev–Trinajstić information content (AvgIpc) is 2.20. The van der Waals surface area contributed by atoms with Gasteiger partial charge in [0.25, 0.3) is 0 Å². The lowest BCUT2D eigenvalue weighted by Crippen LogP contribution is -1.93. The second-order valence-electron chi connectivity index (χ2n) is 2.63. The summed E-state index contributed by atoms with van der Waals surface area (Å²) < 4.78 is 10.1. The molecule has 0 unspecified atom stereocenters. The van der Waals surface area contributed by atoms with Gasteiger partial charge < -0.3 is 9.47 Å². The Morgan fingerprint density at radius 2 is 1.93 bits per heavy atom. The summed E-state index contributed by atoms with van der Waals surface area (Å²) in [6, 6.07) is 5.41. The van der Waals surface area contributed by atoms with Crippen molar-refractivity contribution in [1.29, 1.82) is 5.26 Å². The Kier molecular flexibility index (Phi) is 3.61. The molecule has 0 atom stereocenters. The van der Waals surface area contributed by atoms with Crippen LogP contribution in [0.1, 0.15) is 5.56 Å². The van der Waals surface area contributed by atoms with E-state index < -0.39 is 0 Å². The fourth-order valence-corrected chi connectivity index (χ4v) is 1.38. The molecule has 74 valence electrons. The van der Waals surface area contributed by atoms with Crippen molar-refractivity contribution >= 4 is 11.6 Å². The lowest BCUT2D eigenvalue weighted by Gasteiger charge is -2.09. The minimum Gasteiger partial charge on any atom is -0.496 e. The first-order valence-corrected chi connectivity index (χ1v) is 4.38. The molecule has 1 aromatic carbocycles. The third kappa shape index (κ3) is 2.09. The monoisotopic (exact) mass is 211 g/mol. The minimum atomic E-state index is 0.275. The van der Waals surface area contributed by atoms with Crippen molar-refractivity contribution in [3.05, 3.63) is 22.7 Å². The van der Waals surface area contributed by atoms with Crippen molar-refractivity contribution in [3.8, 4) is 17.6 Å². The smallest absolute Gasteiger partial charge is 0.138 e. The van der Waals surface area contributed by atoms with Crippen LogP contribution in [0.2, 0.25) is 5.02 Å². The molecule has 14 heavy (non-hydrogen) atoms. The van der Waals surface area contributed by atoms with Crippen LogP contribution in [-0.2, 0) is 6.42 Å². The van der Waals surface area contributed by atoms with E-state index >= 15 is 0 Å². The molecule has 0 amide bonds. The molecule has 0 fully saturated rings.